The number of carbonyl (C=O) groups is 2. The summed E-state index contributed by atoms with van der Waals surface area (Å²) in [4.78, 5) is 20.9. The van der Waals surface area contributed by atoms with Crippen LogP contribution in [-0.4, -0.2) is 48.1 Å². The van der Waals surface area contributed by atoms with E-state index in [1.54, 1.807) is 32.9 Å². The minimum absolute atomic E-state index is 0.0587. The maximum absolute atomic E-state index is 10.5. The normalized spacial score (nSPS) is 11.8. The molecule has 0 aromatic heterocycles. The number of aliphatic hydroxyl groups is 2. The number of aliphatic hydroxyl groups excluding tert-OH is 2. The summed E-state index contributed by atoms with van der Waals surface area (Å²) in [5.74, 6) is -0.824. The van der Waals surface area contributed by atoms with E-state index in [0.717, 1.165) is 0 Å². The van der Waals surface area contributed by atoms with Crippen LogP contribution in [0.1, 0.15) is 20.8 Å². The maximum atomic E-state index is 10.5. The molecule has 0 rings (SSSR count). The number of hydrogen-bond acceptors (Lipinski definition) is 6. The zero-order valence-electron chi connectivity index (χ0n) is 11.5. The number of rotatable bonds is 6. The highest BCUT2D eigenvalue weighted by Gasteiger charge is 1.98. The van der Waals surface area contributed by atoms with Gasteiger partial charge in [0.25, 0.3) is 0 Å². The van der Waals surface area contributed by atoms with Gasteiger partial charge in [0.05, 0.1) is 12.7 Å². The molecule has 0 saturated carbocycles. The van der Waals surface area contributed by atoms with Crippen molar-refractivity contribution in [3.63, 3.8) is 0 Å². The van der Waals surface area contributed by atoms with Gasteiger partial charge < -0.3 is 19.7 Å². The van der Waals surface area contributed by atoms with E-state index < -0.39 is 18.0 Å². The molecule has 6 heteroatoms. The Hall–Kier alpha value is -1.66. The average molecular weight is 274 g/mol. The molecule has 0 aromatic carbocycles. The smallest absolute Gasteiger partial charge is 0.330 e. The van der Waals surface area contributed by atoms with Gasteiger partial charge in [-0.05, 0) is 20.8 Å². The first kappa shape index (κ1) is 19.7. The van der Waals surface area contributed by atoms with Crippen LogP contribution in [-0.2, 0) is 19.1 Å². The lowest BCUT2D eigenvalue weighted by molar-refractivity contribution is -0.140. The first-order chi connectivity index (χ1) is 8.97. The summed E-state index contributed by atoms with van der Waals surface area (Å²) in [6.45, 7) is 5.02. The molecule has 0 bridgehead atoms. The molecule has 0 aliphatic carbocycles. The van der Waals surface area contributed by atoms with Crippen LogP contribution in [0.2, 0.25) is 0 Å². The molecule has 0 aliphatic heterocycles. The van der Waals surface area contributed by atoms with E-state index in [1.807, 2.05) is 0 Å². The van der Waals surface area contributed by atoms with Crippen molar-refractivity contribution in [1.82, 2.24) is 0 Å². The molecular formula is C13H22O6. The van der Waals surface area contributed by atoms with E-state index >= 15 is 0 Å². The van der Waals surface area contributed by atoms with Crippen LogP contribution in [0.5, 0.6) is 0 Å². The summed E-state index contributed by atoms with van der Waals surface area (Å²) >= 11 is 0. The van der Waals surface area contributed by atoms with Crippen molar-refractivity contribution in [3.05, 3.63) is 24.3 Å². The third-order valence-electron chi connectivity index (χ3n) is 1.41. The lowest BCUT2D eigenvalue weighted by atomic mass is 10.4. The van der Waals surface area contributed by atoms with Gasteiger partial charge in [0.15, 0.2) is 0 Å². The van der Waals surface area contributed by atoms with Crippen molar-refractivity contribution in [2.75, 3.05) is 19.8 Å². The van der Waals surface area contributed by atoms with E-state index in [2.05, 4.69) is 9.47 Å². The molecule has 0 fully saturated rings. The van der Waals surface area contributed by atoms with Gasteiger partial charge in [-0.1, -0.05) is 12.2 Å². The van der Waals surface area contributed by atoms with Gasteiger partial charge in [0.2, 0.25) is 0 Å². The maximum Gasteiger partial charge on any atom is 0.330 e. The lowest BCUT2D eigenvalue weighted by Gasteiger charge is -2.02. The first-order valence-corrected chi connectivity index (χ1v) is 5.85. The monoisotopic (exact) mass is 274 g/mol. The van der Waals surface area contributed by atoms with Gasteiger partial charge in [0, 0.05) is 12.2 Å². The fraction of sp³-hybridized carbons (Fsp3) is 0.538. The van der Waals surface area contributed by atoms with E-state index in [-0.39, 0.29) is 19.8 Å². The first-order valence-electron chi connectivity index (χ1n) is 5.85. The Morgan fingerprint density at radius 1 is 1.11 bits per heavy atom. The number of ether oxygens (including phenoxy) is 2. The van der Waals surface area contributed by atoms with Crippen molar-refractivity contribution >= 4 is 11.9 Å². The zero-order chi connectivity index (χ0) is 15.1. The molecule has 0 heterocycles. The van der Waals surface area contributed by atoms with Crippen LogP contribution in [0.15, 0.2) is 24.3 Å². The lowest BCUT2D eigenvalue weighted by Crippen LogP contribution is -2.13. The highest BCUT2D eigenvalue weighted by Crippen LogP contribution is 1.85. The summed E-state index contributed by atoms with van der Waals surface area (Å²) in [6.07, 6.45) is 5.19. The molecule has 0 aliphatic rings. The van der Waals surface area contributed by atoms with Crippen LogP contribution in [0, 0.1) is 0 Å². The zero-order valence-corrected chi connectivity index (χ0v) is 11.5. The number of carbonyl (C=O) groups excluding carboxylic acids is 2. The van der Waals surface area contributed by atoms with Gasteiger partial charge in [0.1, 0.15) is 13.2 Å². The minimum Gasteiger partial charge on any atom is -0.460 e. The van der Waals surface area contributed by atoms with E-state index in [4.69, 9.17) is 10.2 Å². The summed E-state index contributed by atoms with van der Waals surface area (Å²) in [5.41, 5.74) is 0. The molecule has 110 valence electrons. The van der Waals surface area contributed by atoms with Crippen LogP contribution in [0.4, 0.5) is 0 Å². The van der Waals surface area contributed by atoms with Crippen molar-refractivity contribution in [3.8, 4) is 0 Å². The quantitative estimate of drug-likeness (QED) is 0.544. The predicted molar refractivity (Wildman–Crippen MR) is 70.3 cm³/mol. The van der Waals surface area contributed by atoms with Gasteiger partial charge in [-0.3, -0.25) is 0 Å². The molecule has 0 radical (unpaired) electrons. The van der Waals surface area contributed by atoms with Crippen LogP contribution < -0.4 is 0 Å². The summed E-state index contributed by atoms with van der Waals surface area (Å²) in [6, 6.07) is 0. The Labute approximate surface area is 113 Å². The molecule has 0 aromatic rings. The largest absolute Gasteiger partial charge is 0.460 e. The second kappa shape index (κ2) is 14.4. The standard InChI is InChI=1S/C7H12O3.C6H10O3/c1-3-4-7(9)10-5-6(2)8;1-2-3-6(8)9-5-4-7/h3-4,6,8H,5H2,1-2H3;2-3,7H,4-5H2,1H3. The Morgan fingerprint density at radius 2 is 1.58 bits per heavy atom. The van der Waals surface area contributed by atoms with Crippen LogP contribution in [0.3, 0.4) is 0 Å². The van der Waals surface area contributed by atoms with Gasteiger partial charge in [-0.25, -0.2) is 9.59 Å². The summed E-state index contributed by atoms with van der Waals surface area (Å²) in [5, 5.41) is 16.9. The molecule has 0 spiro atoms. The molecule has 19 heavy (non-hydrogen) atoms. The highest BCUT2D eigenvalue weighted by atomic mass is 16.5. The van der Waals surface area contributed by atoms with E-state index in [9.17, 15) is 9.59 Å². The Bertz CT molecular complexity index is 294. The Balaban J connectivity index is 0. The van der Waals surface area contributed by atoms with Gasteiger partial charge >= 0.3 is 11.9 Å². The number of esters is 2. The molecule has 6 nitrogen and oxygen atoms in total. The third-order valence-corrected chi connectivity index (χ3v) is 1.41. The van der Waals surface area contributed by atoms with Crippen molar-refractivity contribution in [2.45, 2.75) is 26.9 Å². The Morgan fingerprint density at radius 3 is 1.95 bits per heavy atom. The second-order valence-electron chi connectivity index (χ2n) is 3.37. The number of allylic oxidation sites excluding steroid dienone is 2. The number of hydrogen-bond donors (Lipinski definition) is 2. The molecule has 1 atom stereocenters. The SMILES string of the molecule is CC=CC(=O)OCC(C)O.CC=CC(=O)OCCO. The summed E-state index contributed by atoms with van der Waals surface area (Å²) in [7, 11) is 0. The highest BCUT2D eigenvalue weighted by molar-refractivity contribution is 5.82. The van der Waals surface area contributed by atoms with E-state index in [0.29, 0.717) is 0 Å². The van der Waals surface area contributed by atoms with Crippen LogP contribution >= 0.6 is 0 Å². The Kier molecular flexibility index (Phi) is 14.9. The third kappa shape index (κ3) is 18.9. The van der Waals surface area contributed by atoms with Crippen LogP contribution in [0.25, 0.3) is 0 Å². The molecule has 0 saturated heterocycles. The molecule has 2 N–H and O–H groups in total. The van der Waals surface area contributed by atoms with Crippen molar-refractivity contribution in [1.29, 1.82) is 0 Å². The molecule has 0 amide bonds. The average Bonchev–Trinajstić information content (AvgIpc) is 2.35. The van der Waals surface area contributed by atoms with E-state index in [1.165, 1.54) is 12.2 Å². The van der Waals surface area contributed by atoms with Gasteiger partial charge in [-0.15, -0.1) is 0 Å². The molecule has 1 unspecified atom stereocenters. The molecular weight excluding hydrogens is 252 g/mol. The minimum atomic E-state index is -0.589. The fourth-order valence-electron chi connectivity index (χ4n) is 0.717. The fourth-order valence-corrected chi connectivity index (χ4v) is 0.717. The topological polar surface area (TPSA) is 93.1 Å². The predicted octanol–water partition coefficient (Wildman–Crippen LogP) is 0.584. The summed E-state index contributed by atoms with van der Waals surface area (Å²) < 4.78 is 9.02. The van der Waals surface area contributed by atoms with Crippen molar-refractivity contribution < 1.29 is 29.3 Å². The second-order valence-corrected chi connectivity index (χ2v) is 3.37. The van der Waals surface area contributed by atoms with Crippen molar-refractivity contribution in [2.24, 2.45) is 0 Å². The van der Waals surface area contributed by atoms with Gasteiger partial charge in [-0.2, -0.15) is 0 Å².